The Morgan fingerprint density at radius 1 is 1.33 bits per heavy atom. The Hall–Kier alpha value is -1.84. The van der Waals surface area contributed by atoms with Gasteiger partial charge in [0.1, 0.15) is 11.5 Å². The Kier molecular flexibility index (Phi) is 3.65. The summed E-state index contributed by atoms with van der Waals surface area (Å²) in [6.45, 7) is 1.78. The van der Waals surface area contributed by atoms with Crippen LogP contribution in [0.25, 0.3) is 0 Å². The molecule has 1 fully saturated rings. The molecule has 1 aliphatic rings. The maximum absolute atomic E-state index is 12.0. The average molecular weight is 247 g/mol. The van der Waals surface area contributed by atoms with Gasteiger partial charge in [-0.1, -0.05) is 6.07 Å². The van der Waals surface area contributed by atoms with E-state index >= 15 is 0 Å². The van der Waals surface area contributed by atoms with E-state index in [4.69, 9.17) is 0 Å². The molecule has 0 saturated heterocycles. The molecule has 0 spiro atoms. The molecule has 4 nitrogen and oxygen atoms in total. The second-order valence-electron chi connectivity index (χ2n) is 4.79. The van der Waals surface area contributed by atoms with Gasteiger partial charge in [-0.05, 0) is 37.5 Å². The summed E-state index contributed by atoms with van der Waals surface area (Å²) in [4.78, 5) is 23.1. The van der Waals surface area contributed by atoms with E-state index in [1.807, 2.05) is 0 Å². The Labute approximate surface area is 106 Å². The third kappa shape index (κ3) is 2.88. The fraction of sp³-hybridized carbons (Fsp3) is 0.429. The zero-order valence-corrected chi connectivity index (χ0v) is 10.4. The molecular formula is C14H17NO3. The second-order valence-corrected chi connectivity index (χ2v) is 4.79. The van der Waals surface area contributed by atoms with E-state index in [2.05, 4.69) is 5.32 Å². The van der Waals surface area contributed by atoms with Gasteiger partial charge >= 0.3 is 0 Å². The summed E-state index contributed by atoms with van der Waals surface area (Å²) in [6, 6.07) is 4.95. The van der Waals surface area contributed by atoms with Gasteiger partial charge in [-0.3, -0.25) is 9.59 Å². The Balaban J connectivity index is 1.99. The van der Waals surface area contributed by atoms with Crippen LogP contribution in [0.3, 0.4) is 0 Å². The Morgan fingerprint density at radius 2 is 2.00 bits per heavy atom. The molecule has 0 bridgehead atoms. The van der Waals surface area contributed by atoms with Crippen LogP contribution >= 0.6 is 0 Å². The van der Waals surface area contributed by atoms with Gasteiger partial charge in [-0.15, -0.1) is 0 Å². The van der Waals surface area contributed by atoms with E-state index in [0.717, 1.165) is 5.56 Å². The Bertz CT molecular complexity index is 472. The van der Waals surface area contributed by atoms with E-state index in [-0.39, 0.29) is 23.5 Å². The van der Waals surface area contributed by atoms with Crippen molar-refractivity contribution >= 4 is 11.7 Å². The van der Waals surface area contributed by atoms with Gasteiger partial charge in [0, 0.05) is 24.4 Å². The van der Waals surface area contributed by atoms with Crippen molar-refractivity contribution in [2.45, 2.75) is 38.6 Å². The topological polar surface area (TPSA) is 66.4 Å². The Morgan fingerprint density at radius 3 is 2.61 bits per heavy atom. The van der Waals surface area contributed by atoms with Gasteiger partial charge in [0.15, 0.2) is 0 Å². The molecule has 0 atom stereocenters. The lowest BCUT2D eigenvalue weighted by Gasteiger charge is -2.22. The number of carbonyl (C=O) groups excluding carboxylic acids is 2. The van der Waals surface area contributed by atoms with E-state index in [0.29, 0.717) is 31.2 Å². The van der Waals surface area contributed by atoms with Crippen molar-refractivity contribution in [1.82, 2.24) is 5.32 Å². The number of phenols is 1. The average Bonchev–Trinajstić information content (AvgIpc) is 2.35. The van der Waals surface area contributed by atoms with Crippen molar-refractivity contribution in [2.24, 2.45) is 0 Å². The SMILES string of the molecule is Cc1ccc(C(=O)NC2CCC(=O)CC2)cc1O. The van der Waals surface area contributed by atoms with Crippen LogP contribution in [0.15, 0.2) is 18.2 Å². The van der Waals surface area contributed by atoms with Crippen LogP contribution in [0.2, 0.25) is 0 Å². The van der Waals surface area contributed by atoms with E-state index in [1.165, 1.54) is 6.07 Å². The smallest absolute Gasteiger partial charge is 0.251 e. The minimum absolute atomic E-state index is 0.0682. The summed E-state index contributed by atoms with van der Waals surface area (Å²) in [7, 11) is 0. The van der Waals surface area contributed by atoms with Gasteiger partial charge in [0.05, 0.1) is 0 Å². The fourth-order valence-electron chi connectivity index (χ4n) is 2.10. The second kappa shape index (κ2) is 5.21. The summed E-state index contributed by atoms with van der Waals surface area (Å²) in [5.41, 5.74) is 1.20. The van der Waals surface area contributed by atoms with Gasteiger partial charge in [0.2, 0.25) is 0 Å². The number of amides is 1. The molecule has 0 heterocycles. The lowest BCUT2D eigenvalue weighted by Crippen LogP contribution is -2.37. The van der Waals surface area contributed by atoms with Crippen LogP contribution in [0.1, 0.15) is 41.6 Å². The van der Waals surface area contributed by atoms with E-state index < -0.39 is 0 Å². The highest BCUT2D eigenvalue weighted by atomic mass is 16.3. The van der Waals surface area contributed by atoms with Crippen molar-refractivity contribution in [1.29, 1.82) is 0 Å². The number of rotatable bonds is 2. The van der Waals surface area contributed by atoms with Crippen molar-refractivity contribution in [3.63, 3.8) is 0 Å². The highest BCUT2D eigenvalue weighted by Gasteiger charge is 2.20. The zero-order chi connectivity index (χ0) is 13.1. The molecule has 1 aliphatic carbocycles. The van der Waals surface area contributed by atoms with E-state index in [9.17, 15) is 14.7 Å². The summed E-state index contributed by atoms with van der Waals surface area (Å²) < 4.78 is 0. The standard InChI is InChI=1S/C14H17NO3/c1-9-2-3-10(8-13(9)17)14(18)15-11-4-6-12(16)7-5-11/h2-3,8,11,17H,4-7H2,1H3,(H,15,18). The molecule has 0 radical (unpaired) electrons. The number of ketones is 1. The van der Waals surface area contributed by atoms with Gasteiger partial charge in [-0.2, -0.15) is 0 Å². The van der Waals surface area contributed by atoms with E-state index in [1.54, 1.807) is 19.1 Å². The lowest BCUT2D eigenvalue weighted by molar-refractivity contribution is -0.120. The van der Waals surface area contributed by atoms with Crippen LogP contribution in [-0.2, 0) is 4.79 Å². The molecule has 0 aromatic heterocycles. The molecule has 4 heteroatoms. The monoisotopic (exact) mass is 247 g/mol. The van der Waals surface area contributed by atoms with Crippen LogP contribution in [0, 0.1) is 6.92 Å². The van der Waals surface area contributed by atoms with Crippen LogP contribution in [-0.4, -0.2) is 22.8 Å². The number of hydrogen-bond donors (Lipinski definition) is 2. The summed E-state index contributed by atoms with van der Waals surface area (Å²) in [5, 5.41) is 12.5. The highest BCUT2D eigenvalue weighted by Crippen LogP contribution is 2.19. The predicted molar refractivity (Wildman–Crippen MR) is 67.6 cm³/mol. The molecule has 1 amide bonds. The van der Waals surface area contributed by atoms with Gasteiger partial charge in [0.25, 0.3) is 5.91 Å². The van der Waals surface area contributed by atoms with Crippen molar-refractivity contribution in [3.8, 4) is 5.75 Å². The molecule has 1 aromatic rings. The molecule has 18 heavy (non-hydrogen) atoms. The summed E-state index contributed by atoms with van der Waals surface area (Å²) >= 11 is 0. The number of aromatic hydroxyl groups is 1. The summed E-state index contributed by atoms with van der Waals surface area (Å²) in [5.74, 6) is 0.208. The molecule has 2 rings (SSSR count). The first-order valence-electron chi connectivity index (χ1n) is 6.18. The third-order valence-electron chi connectivity index (χ3n) is 3.35. The van der Waals surface area contributed by atoms with Crippen LogP contribution in [0.5, 0.6) is 5.75 Å². The first-order chi connectivity index (χ1) is 8.56. The first-order valence-corrected chi connectivity index (χ1v) is 6.18. The van der Waals surface area contributed by atoms with Crippen molar-refractivity contribution < 1.29 is 14.7 Å². The van der Waals surface area contributed by atoms with Crippen molar-refractivity contribution in [2.75, 3.05) is 0 Å². The number of hydrogen-bond acceptors (Lipinski definition) is 3. The predicted octanol–water partition coefficient (Wildman–Crippen LogP) is 1.94. The molecular weight excluding hydrogens is 230 g/mol. The first kappa shape index (κ1) is 12.6. The normalized spacial score (nSPS) is 16.6. The quantitative estimate of drug-likeness (QED) is 0.839. The highest BCUT2D eigenvalue weighted by molar-refractivity contribution is 5.95. The zero-order valence-electron chi connectivity index (χ0n) is 10.4. The van der Waals surface area contributed by atoms with Gasteiger partial charge in [-0.25, -0.2) is 0 Å². The number of carbonyl (C=O) groups is 2. The molecule has 1 aromatic carbocycles. The fourth-order valence-corrected chi connectivity index (χ4v) is 2.10. The largest absolute Gasteiger partial charge is 0.508 e. The molecule has 0 aliphatic heterocycles. The molecule has 2 N–H and O–H groups in total. The van der Waals surface area contributed by atoms with Crippen LogP contribution in [0.4, 0.5) is 0 Å². The number of Topliss-reactive ketones (excluding diaryl/α,β-unsaturated/α-hetero) is 1. The minimum atomic E-state index is -0.190. The number of nitrogens with one attached hydrogen (secondary N) is 1. The molecule has 1 saturated carbocycles. The third-order valence-corrected chi connectivity index (χ3v) is 3.35. The molecule has 96 valence electrons. The maximum atomic E-state index is 12.0. The lowest BCUT2D eigenvalue weighted by atomic mass is 9.94. The maximum Gasteiger partial charge on any atom is 0.251 e. The van der Waals surface area contributed by atoms with Crippen molar-refractivity contribution in [3.05, 3.63) is 29.3 Å². The summed E-state index contributed by atoms with van der Waals surface area (Å²) in [6.07, 6.45) is 2.51. The number of benzene rings is 1. The minimum Gasteiger partial charge on any atom is -0.508 e. The number of phenolic OH excluding ortho intramolecular Hbond substituents is 1. The number of aryl methyl sites for hydroxylation is 1. The van der Waals surface area contributed by atoms with Crippen LogP contribution < -0.4 is 5.32 Å². The molecule has 0 unspecified atom stereocenters. The van der Waals surface area contributed by atoms with Gasteiger partial charge < -0.3 is 10.4 Å².